The van der Waals surface area contributed by atoms with E-state index in [1.54, 1.807) is 12.1 Å². The van der Waals surface area contributed by atoms with Crippen LogP contribution in [0.5, 0.6) is 0 Å². The SMILES string of the molecule is Cc1ccc2c(c1)C(O)(CC(=O)c1ccc3c4c(cccc14)CC3)C(=O)N2. The van der Waals surface area contributed by atoms with E-state index in [0.717, 1.165) is 29.2 Å². The van der Waals surface area contributed by atoms with Gasteiger partial charge in [0.2, 0.25) is 0 Å². The Balaban J connectivity index is 1.59. The van der Waals surface area contributed by atoms with Crippen molar-refractivity contribution in [2.45, 2.75) is 31.8 Å². The summed E-state index contributed by atoms with van der Waals surface area (Å²) in [5.41, 5.74) is 3.24. The molecule has 4 heteroatoms. The van der Waals surface area contributed by atoms with Gasteiger partial charge in [0.25, 0.3) is 5.91 Å². The fraction of sp³-hybridized carbons (Fsp3) is 0.217. The van der Waals surface area contributed by atoms with Gasteiger partial charge in [-0.3, -0.25) is 9.59 Å². The summed E-state index contributed by atoms with van der Waals surface area (Å²) in [5.74, 6) is -0.764. The maximum Gasteiger partial charge on any atom is 0.261 e. The van der Waals surface area contributed by atoms with Crippen molar-refractivity contribution >= 4 is 28.2 Å². The molecule has 0 bridgehead atoms. The lowest BCUT2D eigenvalue weighted by atomic mass is 9.86. The van der Waals surface area contributed by atoms with Crippen LogP contribution in [0.3, 0.4) is 0 Å². The lowest BCUT2D eigenvalue weighted by Gasteiger charge is -2.21. The van der Waals surface area contributed by atoms with Crippen LogP contribution in [0.15, 0.2) is 48.5 Å². The molecule has 3 aromatic rings. The van der Waals surface area contributed by atoms with Gasteiger partial charge in [-0.15, -0.1) is 0 Å². The van der Waals surface area contributed by atoms with Crippen molar-refractivity contribution in [2.24, 2.45) is 0 Å². The van der Waals surface area contributed by atoms with Crippen LogP contribution in [-0.4, -0.2) is 16.8 Å². The maximum absolute atomic E-state index is 13.2. The van der Waals surface area contributed by atoms with Gasteiger partial charge < -0.3 is 10.4 Å². The van der Waals surface area contributed by atoms with E-state index in [1.807, 2.05) is 37.3 Å². The Hall–Kier alpha value is -2.98. The molecule has 1 aliphatic heterocycles. The Kier molecular flexibility index (Phi) is 3.31. The Bertz CT molecular complexity index is 1140. The molecule has 0 fully saturated rings. The first kappa shape index (κ1) is 16.2. The van der Waals surface area contributed by atoms with Crippen LogP contribution in [0, 0.1) is 6.92 Å². The fourth-order valence-electron chi connectivity index (χ4n) is 4.45. The van der Waals surface area contributed by atoms with Gasteiger partial charge in [-0.25, -0.2) is 0 Å². The Morgan fingerprint density at radius 1 is 1.11 bits per heavy atom. The molecule has 5 rings (SSSR count). The topological polar surface area (TPSA) is 66.4 Å². The van der Waals surface area contributed by atoms with Gasteiger partial charge in [0, 0.05) is 16.8 Å². The smallest absolute Gasteiger partial charge is 0.261 e. The molecule has 1 aliphatic carbocycles. The minimum Gasteiger partial charge on any atom is -0.375 e. The molecule has 1 amide bonds. The van der Waals surface area contributed by atoms with E-state index < -0.39 is 11.5 Å². The highest BCUT2D eigenvalue weighted by Crippen LogP contribution is 2.40. The van der Waals surface area contributed by atoms with Crippen LogP contribution in [0.1, 0.15) is 39.0 Å². The summed E-state index contributed by atoms with van der Waals surface area (Å²) in [7, 11) is 0. The second-order valence-corrected chi connectivity index (χ2v) is 7.58. The first-order valence-electron chi connectivity index (χ1n) is 9.19. The number of aryl methyl sites for hydroxylation is 3. The number of aliphatic hydroxyl groups is 1. The molecular formula is C23H19NO3. The Labute approximate surface area is 156 Å². The number of Topliss-reactive ketones (excluding diaryl/α,β-unsaturated/α-hetero) is 1. The minimum atomic E-state index is -1.83. The zero-order valence-corrected chi connectivity index (χ0v) is 15.0. The average molecular weight is 357 g/mol. The van der Waals surface area contributed by atoms with Gasteiger partial charge in [0.05, 0.1) is 6.42 Å². The first-order valence-corrected chi connectivity index (χ1v) is 9.19. The molecule has 2 N–H and O–H groups in total. The third kappa shape index (κ3) is 2.26. The summed E-state index contributed by atoms with van der Waals surface area (Å²) in [6.07, 6.45) is 1.71. The summed E-state index contributed by atoms with van der Waals surface area (Å²) >= 11 is 0. The standard InChI is InChI=1S/C23H19NO3/c1-13-5-10-19-18(11-13)23(27,22(26)24-19)12-20(25)16-9-8-15-7-6-14-3-2-4-17(16)21(14)15/h2-5,8-11,27H,6-7,12H2,1H3,(H,24,26). The van der Waals surface area contributed by atoms with Crippen molar-refractivity contribution in [3.8, 4) is 0 Å². The summed E-state index contributed by atoms with van der Waals surface area (Å²) in [6, 6.07) is 15.3. The van der Waals surface area contributed by atoms with Gasteiger partial charge in [-0.1, -0.05) is 48.0 Å². The third-order valence-corrected chi connectivity index (χ3v) is 5.84. The van der Waals surface area contributed by atoms with Gasteiger partial charge in [0.15, 0.2) is 11.4 Å². The maximum atomic E-state index is 13.2. The summed E-state index contributed by atoms with van der Waals surface area (Å²) < 4.78 is 0. The van der Waals surface area contributed by atoms with E-state index in [-0.39, 0.29) is 12.2 Å². The van der Waals surface area contributed by atoms with E-state index in [9.17, 15) is 14.7 Å². The van der Waals surface area contributed by atoms with E-state index in [2.05, 4.69) is 11.4 Å². The van der Waals surface area contributed by atoms with Gasteiger partial charge in [-0.2, -0.15) is 0 Å². The van der Waals surface area contributed by atoms with Crippen LogP contribution < -0.4 is 5.32 Å². The molecule has 27 heavy (non-hydrogen) atoms. The number of rotatable bonds is 3. The Morgan fingerprint density at radius 2 is 1.89 bits per heavy atom. The van der Waals surface area contributed by atoms with E-state index >= 15 is 0 Å². The van der Waals surface area contributed by atoms with Crippen molar-refractivity contribution in [3.63, 3.8) is 0 Å². The number of fused-ring (bicyclic) bond motifs is 1. The molecule has 1 atom stereocenters. The number of carbonyl (C=O) groups excluding carboxylic acids is 2. The third-order valence-electron chi connectivity index (χ3n) is 5.84. The quantitative estimate of drug-likeness (QED) is 0.703. The van der Waals surface area contributed by atoms with Crippen LogP contribution in [0.2, 0.25) is 0 Å². The van der Waals surface area contributed by atoms with Crippen molar-refractivity contribution in [1.82, 2.24) is 0 Å². The monoisotopic (exact) mass is 357 g/mol. The molecule has 4 nitrogen and oxygen atoms in total. The number of benzene rings is 3. The van der Waals surface area contributed by atoms with Crippen molar-refractivity contribution in [1.29, 1.82) is 0 Å². The molecule has 2 aliphatic rings. The summed E-state index contributed by atoms with van der Waals surface area (Å²) in [6.45, 7) is 1.90. The molecule has 0 radical (unpaired) electrons. The number of ketones is 1. The first-order chi connectivity index (χ1) is 13.0. The number of anilines is 1. The lowest BCUT2D eigenvalue weighted by Crippen LogP contribution is -2.36. The van der Waals surface area contributed by atoms with Gasteiger partial charge in [0.1, 0.15) is 0 Å². The van der Waals surface area contributed by atoms with Crippen LogP contribution in [0.25, 0.3) is 10.8 Å². The number of amides is 1. The fourth-order valence-corrected chi connectivity index (χ4v) is 4.45. The number of nitrogens with one attached hydrogen (secondary N) is 1. The highest BCUT2D eigenvalue weighted by Gasteiger charge is 2.47. The zero-order chi connectivity index (χ0) is 18.8. The molecule has 0 spiro atoms. The van der Waals surface area contributed by atoms with Crippen LogP contribution in [-0.2, 0) is 23.2 Å². The van der Waals surface area contributed by atoms with Crippen molar-refractivity contribution < 1.29 is 14.7 Å². The van der Waals surface area contributed by atoms with Crippen LogP contribution >= 0.6 is 0 Å². The molecule has 0 saturated carbocycles. The van der Waals surface area contributed by atoms with E-state index in [1.165, 1.54) is 11.1 Å². The summed E-state index contributed by atoms with van der Waals surface area (Å²) in [5, 5.41) is 15.9. The average Bonchev–Trinajstić information content (AvgIpc) is 3.17. The van der Waals surface area contributed by atoms with Gasteiger partial charge >= 0.3 is 0 Å². The number of hydrogen-bond donors (Lipinski definition) is 2. The minimum absolute atomic E-state index is 0.224. The van der Waals surface area contributed by atoms with Crippen molar-refractivity contribution in [3.05, 3.63) is 76.3 Å². The largest absolute Gasteiger partial charge is 0.375 e. The normalized spacial score (nSPS) is 20.0. The number of carbonyl (C=O) groups is 2. The molecule has 3 aromatic carbocycles. The zero-order valence-electron chi connectivity index (χ0n) is 15.0. The molecule has 0 aromatic heterocycles. The predicted molar refractivity (Wildman–Crippen MR) is 104 cm³/mol. The number of hydrogen-bond acceptors (Lipinski definition) is 3. The molecule has 0 saturated heterocycles. The lowest BCUT2D eigenvalue weighted by molar-refractivity contribution is -0.133. The summed E-state index contributed by atoms with van der Waals surface area (Å²) in [4.78, 5) is 25.7. The highest BCUT2D eigenvalue weighted by molar-refractivity contribution is 6.14. The second-order valence-electron chi connectivity index (χ2n) is 7.58. The second kappa shape index (κ2) is 5.51. The predicted octanol–water partition coefficient (Wildman–Crippen LogP) is 3.66. The molecule has 1 heterocycles. The van der Waals surface area contributed by atoms with Crippen molar-refractivity contribution in [2.75, 3.05) is 5.32 Å². The van der Waals surface area contributed by atoms with E-state index in [0.29, 0.717) is 16.8 Å². The highest BCUT2D eigenvalue weighted by atomic mass is 16.3. The molecular weight excluding hydrogens is 338 g/mol. The van der Waals surface area contributed by atoms with Crippen LogP contribution in [0.4, 0.5) is 5.69 Å². The molecule has 134 valence electrons. The van der Waals surface area contributed by atoms with E-state index in [4.69, 9.17) is 0 Å². The Morgan fingerprint density at radius 3 is 2.70 bits per heavy atom. The van der Waals surface area contributed by atoms with Gasteiger partial charge in [-0.05, 0) is 47.7 Å². The molecule has 1 unspecified atom stereocenters.